The van der Waals surface area contributed by atoms with Crippen molar-refractivity contribution < 1.29 is 19.0 Å². The van der Waals surface area contributed by atoms with Crippen LogP contribution >= 0.6 is 0 Å². The fourth-order valence-electron chi connectivity index (χ4n) is 5.26. The highest BCUT2D eigenvalue weighted by molar-refractivity contribution is 6.07. The number of anilines is 1. The van der Waals surface area contributed by atoms with Crippen LogP contribution in [0, 0.1) is 12.8 Å². The average molecular weight is 481 g/mol. The van der Waals surface area contributed by atoms with Crippen molar-refractivity contribution in [2.24, 2.45) is 13.0 Å². The molecular formula is C25H32N6O4. The predicted molar refractivity (Wildman–Crippen MR) is 129 cm³/mol. The number of hydrogen-bond donors (Lipinski definition) is 1. The summed E-state index contributed by atoms with van der Waals surface area (Å²) < 4.78 is 12.6. The van der Waals surface area contributed by atoms with Crippen LogP contribution < -0.4 is 5.32 Å². The van der Waals surface area contributed by atoms with Crippen molar-refractivity contribution in [1.29, 1.82) is 0 Å². The zero-order chi connectivity index (χ0) is 24.5. The molecule has 10 nitrogen and oxygen atoms in total. The Morgan fingerprint density at radius 3 is 2.66 bits per heavy atom. The number of rotatable bonds is 7. The lowest BCUT2D eigenvalue weighted by Gasteiger charge is -2.18. The highest BCUT2D eigenvalue weighted by atomic mass is 16.6. The van der Waals surface area contributed by atoms with Gasteiger partial charge in [-0.15, -0.1) is 0 Å². The summed E-state index contributed by atoms with van der Waals surface area (Å²) >= 11 is 0. The van der Waals surface area contributed by atoms with Gasteiger partial charge in [-0.2, -0.15) is 0 Å². The topological polar surface area (TPSA) is 115 Å². The van der Waals surface area contributed by atoms with E-state index in [2.05, 4.69) is 15.6 Å². The number of aryl methyl sites for hydroxylation is 2. The highest BCUT2D eigenvalue weighted by Gasteiger charge is 2.27. The van der Waals surface area contributed by atoms with E-state index in [0.29, 0.717) is 47.1 Å². The van der Waals surface area contributed by atoms with Crippen LogP contribution in [0.3, 0.4) is 0 Å². The van der Waals surface area contributed by atoms with Gasteiger partial charge in [-0.05, 0) is 50.7 Å². The Balaban J connectivity index is 1.49. The first-order valence-electron chi connectivity index (χ1n) is 12.4. The molecule has 5 rings (SSSR count). The van der Waals surface area contributed by atoms with E-state index in [1.165, 1.54) is 12.8 Å². The summed E-state index contributed by atoms with van der Waals surface area (Å²) in [6.45, 7) is 2.75. The minimum absolute atomic E-state index is 0.0254. The van der Waals surface area contributed by atoms with Gasteiger partial charge in [-0.1, -0.05) is 23.2 Å². The van der Waals surface area contributed by atoms with E-state index >= 15 is 0 Å². The van der Waals surface area contributed by atoms with E-state index in [1.807, 2.05) is 17.7 Å². The fraction of sp³-hybridized carbons (Fsp3) is 0.560. The third-order valence-corrected chi connectivity index (χ3v) is 7.16. The second-order valence-electron chi connectivity index (χ2n) is 9.78. The van der Waals surface area contributed by atoms with Gasteiger partial charge in [0, 0.05) is 32.8 Å². The fourth-order valence-corrected chi connectivity index (χ4v) is 5.26. The maximum atomic E-state index is 13.7. The molecule has 1 aliphatic carbocycles. The Kier molecular flexibility index (Phi) is 6.55. The standard InChI is InChI=1S/C25H32N6O4/c1-15-20(29-35-28-15)14-30(2)25(33)18-12-17(26-22(32)11-16-7-4-5-8-16)13-19-23(18)31(3)24(27-19)21-9-6-10-34-21/h12-13,16,21H,4-11,14H2,1-3H3,(H,26,32). The third-order valence-electron chi connectivity index (χ3n) is 7.16. The van der Waals surface area contributed by atoms with Crippen LogP contribution in [0.2, 0.25) is 0 Å². The number of hydrogen-bond acceptors (Lipinski definition) is 7. The molecule has 0 radical (unpaired) electrons. The van der Waals surface area contributed by atoms with Gasteiger partial charge in [0.1, 0.15) is 23.3 Å². The molecule has 1 saturated heterocycles. The van der Waals surface area contributed by atoms with Crippen molar-refractivity contribution in [3.8, 4) is 0 Å². The smallest absolute Gasteiger partial charge is 0.256 e. The lowest BCUT2D eigenvalue weighted by molar-refractivity contribution is -0.117. The normalized spacial score (nSPS) is 18.4. The van der Waals surface area contributed by atoms with Crippen molar-refractivity contribution in [3.63, 3.8) is 0 Å². The lowest BCUT2D eigenvalue weighted by Crippen LogP contribution is -2.27. The van der Waals surface area contributed by atoms with Crippen LogP contribution in [-0.4, -0.2) is 50.2 Å². The van der Waals surface area contributed by atoms with Gasteiger partial charge < -0.3 is 19.5 Å². The Morgan fingerprint density at radius 2 is 1.97 bits per heavy atom. The van der Waals surface area contributed by atoms with E-state index in [0.717, 1.165) is 37.0 Å². The third kappa shape index (κ3) is 4.80. The molecule has 3 aromatic rings. The van der Waals surface area contributed by atoms with Crippen molar-refractivity contribution in [1.82, 2.24) is 24.8 Å². The molecule has 2 fully saturated rings. The maximum absolute atomic E-state index is 13.7. The van der Waals surface area contributed by atoms with E-state index in [4.69, 9.17) is 14.3 Å². The van der Waals surface area contributed by atoms with Gasteiger partial charge in [0.2, 0.25) is 5.91 Å². The largest absolute Gasteiger partial charge is 0.370 e. The zero-order valence-corrected chi connectivity index (χ0v) is 20.5. The van der Waals surface area contributed by atoms with E-state index in [9.17, 15) is 9.59 Å². The van der Waals surface area contributed by atoms with Gasteiger partial charge in [-0.25, -0.2) is 9.61 Å². The van der Waals surface area contributed by atoms with Crippen LogP contribution in [0.15, 0.2) is 16.8 Å². The number of benzene rings is 1. The molecule has 186 valence electrons. The summed E-state index contributed by atoms with van der Waals surface area (Å²) in [5.74, 6) is 1.00. The number of aromatic nitrogens is 4. The summed E-state index contributed by atoms with van der Waals surface area (Å²) in [5, 5.41) is 10.7. The van der Waals surface area contributed by atoms with Crippen LogP contribution in [0.25, 0.3) is 11.0 Å². The Bertz CT molecular complexity index is 1240. The summed E-state index contributed by atoms with van der Waals surface area (Å²) in [6, 6.07) is 3.60. The number of nitrogens with one attached hydrogen (secondary N) is 1. The molecule has 2 aromatic heterocycles. The highest BCUT2D eigenvalue weighted by Crippen LogP contribution is 2.33. The summed E-state index contributed by atoms with van der Waals surface area (Å²) in [7, 11) is 3.62. The molecule has 3 heterocycles. The van der Waals surface area contributed by atoms with Crippen LogP contribution in [0.1, 0.15) is 78.6 Å². The first-order chi connectivity index (χ1) is 16.9. The molecule has 1 unspecified atom stereocenters. The van der Waals surface area contributed by atoms with Crippen molar-refractivity contribution >= 4 is 28.5 Å². The minimum atomic E-state index is -0.203. The second kappa shape index (κ2) is 9.77. The van der Waals surface area contributed by atoms with E-state index < -0.39 is 0 Å². The van der Waals surface area contributed by atoms with Gasteiger partial charge in [0.25, 0.3) is 5.91 Å². The number of imidazole rings is 1. The number of carbonyl (C=O) groups is 2. The summed E-state index contributed by atoms with van der Waals surface area (Å²) in [6.07, 6.45) is 6.86. The number of fused-ring (bicyclic) bond motifs is 1. The number of nitrogens with zero attached hydrogens (tertiary/aromatic N) is 5. The summed E-state index contributed by atoms with van der Waals surface area (Å²) in [4.78, 5) is 32.8. The van der Waals surface area contributed by atoms with Gasteiger partial charge in [0.05, 0.1) is 23.1 Å². The molecule has 10 heteroatoms. The van der Waals surface area contributed by atoms with Crippen LogP contribution in [0.5, 0.6) is 0 Å². The lowest BCUT2D eigenvalue weighted by atomic mass is 10.0. The average Bonchev–Trinajstić information content (AvgIpc) is 3.63. The molecule has 0 spiro atoms. The number of amides is 2. The van der Waals surface area contributed by atoms with Gasteiger partial charge in [0.15, 0.2) is 0 Å². The Morgan fingerprint density at radius 1 is 1.17 bits per heavy atom. The zero-order valence-electron chi connectivity index (χ0n) is 20.5. The maximum Gasteiger partial charge on any atom is 0.256 e. The molecule has 1 aliphatic heterocycles. The molecule has 0 bridgehead atoms. The number of carbonyl (C=O) groups excluding carboxylic acids is 2. The monoisotopic (exact) mass is 480 g/mol. The van der Waals surface area contributed by atoms with E-state index in [1.54, 1.807) is 24.9 Å². The van der Waals surface area contributed by atoms with Crippen LogP contribution in [0.4, 0.5) is 5.69 Å². The Labute approximate surface area is 204 Å². The first kappa shape index (κ1) is 23.5. The van der Waals surface area contributed by atoms with Crippen molar-refractivity contribution in [2.45, 2.75) is 64.5 Å². The number of ether oxygens (including phenoxy) is 1. The van der Waals surface area contributed by atoms with Crippen LogP contribution in [-0.2, 0) is 23.1 Å². The molecule has 1 saturated carbocycles. The Hall–Kier alpha value is -3.27. The van der Waals surface area contributed by atoms with Crippen molar-refractivity contribution in [3.05, 3.63) is 34.9 Å². The van der Waals surface area contributed by atoms with Gasteiger partial charge in [-0.3, -0.25) is 9.59 Å². The molecule has 2 aliphatic rings. The molecular weight excluding hydrogens is 448 g/mol. The van der Waals surface area contributed by atoms with E-state index in [-0.39, 0.29) is 24.5 Å². The summed E-state index contributed by atoms with van der Waals surface area (Å²) in [5.41, 5.74) is 3.67. The molecule has 1 atom stereocenters. The second-order valence-corrected chi connectivity index (χ2v) is 9.78. The van der Waals surface area contributed by atoms with Gasteiger partial charge >= 0.3 is 0 Å². The molecule has 1 N–H and O–H groups in total. The first-order valence-corrected chi connectivity index (χ1v) is 12.4. The quantitative estimate of drug-likeness (QED) is 0.545. The molecule has 35 heavy (non-hydrogen) atoms. The SMILES string of the molecule is Cc1nonc1CN(C)C(=O)c1cc(NC(=O)CC2CCCC2)cc2nc(C3CCCO3)n(C)c12. The predicted octanol–water partition coefficient (Wildman–Crippen LogP) is 3.91. The molecule has 1 aromatic carbocycles. The molecule has 2 amide bonds. The van der Waals surface area contributed by atoms with Crippen molar-refractivity contribution in [2.75, 3.05) is 19.0 Å². The minimum Gasteiger partial charge on any atom is -0.370 e.